The summed E-state index contributed by atoms with van der Waals surface area (Å²) < 4.78 is 13.8. The lowest BCUT2D eigenvalue weighted by Crippen LogP contribution is -2.45. The number of anilines is 1. The van der Waals surface area contributed by atoms with Gasteiger partial charge in [0.05, 0.1) is 0 Å². The number of amides is 2. The monoisotopic (exact) mass is 436 g/mol. The van der Waals surface area contributed by atoms with E-state index in [1.54, 1.807) is 6.07 Å². The minimum Gasteiger partial charge on any atom is -0.352 e. The van der Waals surface area contributed by atoms with Gasteiger partial charge in [-0.2, -0.15) is 4.80 Å². The smallest absolute Gasteiger partial charge is 0.251 e. The number of nitrogens with one attached hydrogen (secondary N) is 1. The summed E-state index contributed by atoms with van der Waals surface area (Å²) in [7, 11) is 0. The van der Waals surface area contributed by atoms with Crippen molar-refractivity contribution < 1.29 is 14.0 Å². The van der Waals surface area contributed by atoms with E-state index in [9.17, 15) is 14.0 Å². The van der Waals surface area contributed by atoms with Crippen LogP contribution in [0, 0.1) is 12.7 Å². The Bertz CT molecular complexity index is 1090. The molecule has 2 aromatic carbocycles. The molecule has 0 saturated heterocycles. The number of rotatable bonds is 7. The van der Waals surface area contributed by atoms with Gasteiger partial charge in [-0.3, -0.25) is 9.59 Å². The first-order chi connectivity index (χ1) is 15.5. The van der Waals surface area contributed by atoms with Gasteiger partial charge in [-0.25, -0.2) is 4.39 Å². The van der Waals surface area contributed by atoms with Gasteiger partial charge in [-0.1, -0.05) is 48.7 Å². The number of tetrazole rings is 1. The number of carbonyl (C=O) groups is 2. The van der Waals surface area contributed by atoms with Crippen LogP contribution in [0.2, 0.25) is 0 Å². The largest absolute Gasteiger partial charge is 0.352 e. The highest BCUT2D eigenvalue weighted by atomic mass is 19.1. The van der Waals surface area contributed by atoms with Crippen molar-refractivity contribution in [2.45, 2.75) is 45.2 Å². The Labute approximate surface area is 185 Å². The maximum Gasteiger partial charge on any atom is 0.251 e. The Hall–Kier alpha value is -3.62. The molecular formula is C23H25FN6O2. The molecule has 0 bridgehead atoms. The van der Waals surface area contributed by atoms with Crippen molar-refractivity contribution in [3.8, 4) is 11.4 Å². The zero-order valence-electron chi connectivity index (χ0n) is 17.9. The molecule has 0 aliphatic heterocycles. The van der Waals surface area contributed by atoms with Crippen LogP contribution < -0.4 is 10.2 Å². The molecule has 9 heteroatoms. The second-order valence-electron chi connectivity index (χ2n) is 8.02. The van der Waals surface area contributed by atoms with Gasteiger partial charge in [0, 0.05) is 17.3 Å². The number of aryl methyl sites for hydroxylation is 1. The minimum atomic E-state index is -0.489. The number of hydrogen-bond donors (Lipinski definition) is 1. The molecule has 0 spiro atoms. The van der Waals surface area contributed by atoms with Gasteiger partial charge in [-0.15, -0.1) is 10.2 Å². The molecule has 1 aliphatic carbocycles. The number of benzene rings is 2. The Kier molecular flexibility index (Phi) is 6.53. The van der Waals surface area contributed by atoms with Gasteiger partial charge in [-0.05, 0) is 43.2 Å². The molecule has 0 radical (unpaired) electrons. The predicted molar refractivity (Wildman–Crippen MR) is 117 cm³/mol. The third kappa shape index (κ3) is 5.35. The van der Waals surface area contributed by atoms with Crippen molar-refractivity contribution in [2.75, 3.05) is 11.4 Å². The average Bonchev–Trinajstić information content (AvgIpc) is 3.45. The highest BCUT2D eigenvalue weighted by Gasteiger charge is 2.24. The Morgan fingerprint density at radius 3 is 2.62 bits per heavy atom. The number of halogens is 1. The van der Waals surface area contributed by atoms with Crippen molar-refractivity contribution >= 4 is 17.5 Å². The van der Waals surface area contributed by atoms with Gasteiger partial charge < -0.3 is 10.2 Å². The Morgan fingerprint density at radius 2 is 1.91 bits per heavy atom. The highest BCUT2D eigenvalue weighted by Crippen LogP contribution is 2.19. The lowest BCUT2D eigenvalue weighted by molar-refractivity contribution is -0.124. The topological polar surface area (TPSA) is 93.0 Å². The predicted octanol–water partition coefficient (Wildman–Crippen LogP) is 2.88. The molecule has 1 saturated carbocycles. The van der Waals surface area contributed by atoms with E-state index in [0.29, 0.717) is 11.5 Å². The van der Waals surface area contributed by atoms with Crippen LogP contribution in [0.25, 0.3) is 11.4 Å². The van der Waals surface area contributed by atoms with Crippen LogP contribution in [0.15, 0.2) is 48.5 Å². The molecule has 0 atom stereocenters. The summed E-state index contributed by atoms with van der Waals surface area (Å²) in [5.74, 6) is -0.808. The maximum atomic E-state index is 13.8. The van der Waals surface area contributed by atoms with Crippen LogP contribution in [0.3, 0.4) is 0 Å². The van der Waals surface area contributed by atoms with Crippen molar-refractivity contribution in [3.05, 3.63) is 59.9 Å². The molecule has 1 aromatic heterocycles. The van der Waals surface area contributed by atoms with Gasteiger partial charge in [0.2, 0.25) is 11.7 Å². The van der Waals surface area contributed by atoms with Crippen molar-refractivity contribution in [1.29, 1.82) is 0 Å². The summed E-state index contributed by atoms with van der Waals surface area (Å²) in [5.41, 5.74) is 2.20. The third-order valence-electron chi connectivity index (χ3n) is 5.48. The summed E-state index contributed by atoms with van der Waals surface area (Å²) in [6, 6.07) is 13.4. The van der Waals surface area contributed by atoms with E-state index in [2.05, 4.69) is 20.7 Å². The number of carbonyl (C=O) groups excluding carboxylic acids is 2. The number of nitrogens with zero attached hydrogens (tertiary/aromatic N) is 5. The maximum absolute atomic E-state index is 13.8. The van der Waals surface area contributed by atoms with Crippen LogP contribution in [-0.2, 0) is 16.1 Å². The van der Waals surface area contributed by atoms with E-state index in [0.717, 1.165) is 36.8 Å². The van der Waals surface area contributed by atoms with E-state index in [1.165, 1.54) is 27.9 Å². The molecule has 1 N–H and O–H groups in total. The summed E-state index contributed by atoms with van der Waals surface area (Å²) in [4.78, 5) is 28.1. The van der Waals surface area contributed by atoms with Crippen LogP contribution in [0.5, 0.6) is 0 Å². The number of hydrogen-bond acceptors (Lipinski definition) is 5. The van der Waals surface area contributed by atoms with E-state index in [4.69, 9.17) is 0 Å². The summed E-state index contributed by atoms with van der Waals surface area (Å²) >= 11 is 0. The Balaban J connectivity index is 1.49. The quantitative estimate of drug-likeness (QED) is 0.615. The molecule has 8 nitrogen and oxygen atoms in total. The van der Waals surface area contributed by atoms with Crippen molar-refractivity contribution in [3.63, 3.8) is 0 Å². The standard InChI is InChI=1S/C23H25FN6O2/c1-16-9-11-17(12-10-16)23-26-28-30(27-23)15-22(32)29(20-8-4-5-18(24)13-20)14-21(31)25-19-6-2-3-7-19/h4-5,8-13,19H,2-3,6-7,14-15H2,1H3,(H,25,31). The van der Waals surface area contributed by atoms with Crippen molar-refractivity contribution in [1.82, 2.24) is 25.5 Å². The first kappa shape index (κ1) is 21.6. The molecule has 2 amide bonds. The molecule has 4 rings (SSSR count). The van der Waals surface area contributed by atoms with Gasteiger partial charge in [0.25, 0.3) is 5.91 Å². The van der Waals surface area contributed by atoms with Crippen molar-refractivity contribution in [2.24, 2.45) is 0 Å². The molecule has 1 fully saturated rings. The van der Waals surface area contributed by atoms with E-state index < -0.39 is 11.7 Å². The molecule has 3 aromatic rings. The zero-order chi connectivity index (χ0) is 22.5. The summed E-state index contributed by atoms with van der Waals surface area (Å²) in [5, 5.41) is 15.2. The fourth-order valence-corrected chi connectivity index (χ4v) is 3.79. The lowest BCUT2D eigenvalue weighted by Gasteiger charge is -2.23. The summed E-state index contributed by atoms with van der Waals surface area (Å²) in [6.45, 7) is 1.54. The molecule has 1 heterocycles. The first-order valence-corrected chi connectivity index (χ1v) is 10.7. The normalized spacial score (nSPS) is 13.8. The fraction of sp³-hybridized carbons (Fsp3) is 0.348. The molecule has 0 unspecified atom stereocenters. The molecular weight excluding hydrogens is 411 g/mol. The first-order valence-electron chi connectivity index (χ1n) is 10.7. The zero-order valence-corrected chi connectivity index (χ0v) is 17.9. The molecule has 166 valence electrons. The molecule has 32 heavy (non-hydrogen) atoms. The Morgan fingerprint density at radius 1 is 1.16 bits per heavy atom. The van der Waals surface area contributed by atoms with Gasteiger partial charge >= 0.3 is 0 Å². The van der Waals surface area contributed by atoms with Crippen LogP contribution in [0.4, 0.5) is 10.1 Å². The van der Waals surface area contributed by atoms with Gasteiger partial charge in [0.1, 0.15) is 18.9 Å². The SMILES string of the molecule is Cc1ccc(-c2nnn(CC(=O)N(CC(=O)NC3CCCC3)c3cccc(F)c3)n2)cc1. The molecule has 1 aliphatic rings. The third-order valence-corrected chi connectivity index (χ3v) is 5.48. The van der Waals surface area contributed by atoms with E-state index >= 15 is 0 Å². The average molecular weight is 436 g/mol. The van der Waals surface area contributed by atoms with Crippen LogP contribution >= 0.6 is 0 Å². The highest BCUT2D eigenvalue weighted by molar-refractivity contribution is 5.98. The van der Waals surface area contributed by atoms with Gasteiger partial charge in [0.15, 0.2) is 0 Å². The fourth-order valence-electron chi connectivity index (χ4n) is 3.79. The van der Waals surface area contributed by atoms with Crippen LogP contribution in [-0.4, -0.2) is 44.6 Å². The lowest BCUT2D eigenvalue weighted by atomic mass is 10.1. The second-order valence-corrected chi connectivity index (χ2v) is 8.02. The summed E-state index contributed by atoms with van der Waals surface area (Å²) in [6.07, 6.45) is 4.03. The van der Waals surface area contributed by atoms with E-state index in [1.807, 2.05) is 31.2 Å². The van der Waals surface area contributed by atoms with E-state index in [-0.39, 0.29) is 25.0 Å². The minimum absolute atomic E-state index is 0.126. The van der Waals surface area contributed by atoms with Crippen LogP contribution in [0.1, 0.15) is 31.2 Å². The second kappa shape index (κ2) is 9.67. The number of aromatic nitrogens is 4.